The molecule has 0 radical (unpaired) electrons. The lowest BCUT2D eigenvalue weighted by Gasteiger charge is -2.16. The molecule has 1 heterocycles. The first-order valence-electron chi connectivity index (χ1n) is 11.0. The fourth-order valence-corrected chi connectivity index (χ4v) is 3.62. The number of benzene rings is 3. The van der Waals surface area contributed by atoms with Gasteiger partial charge in [-0.1, -0.05) is 6.07 Å². The Labute approximate surface area is 217 Å². The zero-order valence-electron chi connectivity index (χ0n) is 20.2. The van der Waals surface area contributed by atoms with E-state index in [1.807, 2.05) is 5.32 Å². The predicted octanol–water partition coefficient (Wildman–Crippen LogP) is 7.07. The highest BCUT2D eigenvalue weighted by molar-refractivity contribution is 6.07. The average molecular weight is 551 g/mol. The molecule has 0 saturated heterocycles. The minimum atomic E-state index is -5.06. The molecule has 3 N–H and O–H groups in total. The quantitative estimate of drug-likeness (QED) is 0.222. The van der Waals surface area contributed by atoms with Crippen molar-refractivity contribution >= 4 is 39.8 Å². The highest BCUT2D eigenvalue weighted by Gasteiger charge is 2.37. The van der Waals surface area contributed by atoms with Crippen LogP contribution in [0.3, 0.4) is 0 Å². The summed E-state index contributed by atoms with van der Waals surface area (Å²) in [7, 11) is 2.98. The van der Waals surface area contributed by atoms with E-state index >= 15 is 0 Å². The van der Waals surface area contributed by atoms with Crippen molar-refractivity contribution in [2.45, 2.75) is 12.4 Å². The summed E-state index contributed by atoms with van der Waals surface area (Å²) < 4.78 is 89.4. The summed E-state index contributed by atoms with van der Waals surface area (Å²) in [4.78, 5) is 21.0. The molecule has 0 spiro atoms. The first-order chi connectivity index (χ1) is 18.4. The number of methoxy groups -OCH3 is 2. The fraction of sp³-hybridized carbons (Fsp3) is 0.160. The van der Waals surface area contributed by atoms with Crippen LogP contribution < -0.4 is 25.4 Å². The van der Waals surface area contributed by atoms with E-state index in [0.29, 0.717) is 40.5 Å². The lowest BCUT2D eigenvalue weighted by Crippen LogP contribution is -2.21. The number of aromatic nitrogens is 2. The number of alkyl halides is 6. The van der Waals surface area contributed by atoms with Crippen molar-refractivity contribution < 1.29 is 40.6 Å². The van der Waals surface area contributed by atoms with E-state index in [1.54, 1.807) is 30.3 Å². The molecule has 0 fully saturated rings. The van der Waals surface area contributed by atoms with Gasteiger partial charge >= 0.3 is 18.4 Å². The number of para-hydroxylation sites is 1. The molecule has 204 valence electrons. The summed E-state index contributed by atoms with van der Waals surface area (Å²) in [5, 5.41) is 7.99. The van der Waals surface area contributed by atoms with E-state index in [4.69, 9.17) is 9.47 Å². The van der Waals surface area contributed by atoms with Gasteiger partial charge in [-0.05, 0) is 30.3 Å². The van der Waals surface area contributed by atoms with Crippen LogP contribution in [0.25, 0.3) is 10.9 Å². The molecule has 8 nitrogen and oxygen atoms in total. The number of carbonyl (C=O) groups excluding carboxylic acids is 1. The van der Waals surface area contributed by atoms with Crippen molar-refractivity contribution in [3.63, 3.8) is 0 Å². The van der Waals surface area contributed by atoms with Crippen LogP contribution >= 0.6 is 0 Å². The van der Waals surface area contributed by atoms with Crippen LogP contribution in [0.1, 0.15) is 11.1 Å². The summed E-state index contributed by atoms with van der Waals surface area (Å²) in [6.07, 6.45) is -8.90. The number of halogens is 6. The van der Waals surface area contributed by atoms with Crippen LogP contribution in [0.2, 0.25) is 0 Å². The number of nitrogens with zero attached hydrogens (tertiary/aromatic N) is 2. The normalized spacial score (nSPS) is 11.7. The van der Waals surface area contributed by atoms with Crippen LogP contribution in [0.15, 0.2) is 60.9 Å². The van der Waals surface area contributed by atoms with E-state index in [2.05, 4.69) is 20.6 Å². The second-order valence-electron chi connectivity index (χ2n) is 8.02. The van der Waals surface area contributed by atoms with Crippen LogP contribution in [-0.2, 0) is 12.4 Å². The lowest BCUT2D eigenvalue weighted by atomic mass is 10.1. The molecule has 3 aromatic carbocycles. The SMILES string of the molecule is COc1cc(Nc2ncnc3c(NC(=O)Nc4cc(C(F)(F)F)cc(C(F)(F)F)c4)cccc23)cc(OC)c1. The zero-order valence-corrected chi connectivity index (χ0v) is 20.2. The average Bonchev–Trinajstić information content (AvgIpc) is 2.87. The van der Waals surface area contributed by atoms with Gasteiger partial charge in [0, 0.05) is 35.0 Å². The van der Waals surface area contributed by atoms with Gasteiger partial charge in [0.15, 0.2) is 0 Å². The Bertz CT molecular complexity index is 1470. The Balaban J connectivity index is 1.62. The number of hydrogen-bond donors (Lipinski definition) is 3. The van der Waals surface area contributed by atoms with Crippen LogP contribution in [0.5, 0.6) is 11.5 Å². The maximum absolute atomic E-state index is 13.1. The second kappa shape index (κ2) is 10.6. The Morgan fingerprint density at radius 2 is 1.38 bits per heavy atom. The smallest absolute Gasteiger partial charge is 0.416 e. The number of rotatable bonds is 6. The maximum atomic E-state index is 13.1. The summed E-state index contributed by atoms with van der Waals surface area (Å²) in [5.41, 5.74) is -2.88. The third-order valence-corrected chi connectivity index (χ3v) is 5.37. The fourth-order valence-electron chi connectivity index (χ4n) is 3.62. The van der Waals surface area contributed by atoms with E-state index in [-0.39, 0.29) is 17.3 Å². The third kappa shape index (κ3) is 6.40. The van der Waals surface area contributed by atoms with Gasteiger partial charge in [0.2, 0.25) is 0 Å². The second-order valence-corrected chi connectivity index (χ2v) is 8.02. The van der Waals surface area contributed by atoms with Gasteiger partial charge in [-0.2, -0.15) is 26.3 Å². The number of hydrogen-bond acceptors (Lipinski definition) is 6. The largest absolute Gasteiger partial charge is 0.497 e. The Kier molecular flexibility index (Phi) is 7.38. The Hall–Kier alpha value is -4.75. The molecular formula is C25H19F6N5O3. The molecule has 4 rings (SSSR count). The highest BCUT2D eigenvalue weighted by atomic mass is 19.4. The Morgan fingerprint density at radius 3 is 1.95 bits per heavy atom. The summed E-state index contributed by atoms with van der Waals surface area (Å²) in [6, 6.07) is 9.43. The van der Waals surface area contributed by atoms with Crippen molar-refractivity contribution in [2.75, 3.05) is 30.2 Å². The minimum Gasteiger partial charge on any atom is -0.497 e. The van der Waals surface area contributed by atoms with Crippen molar-refractivity contribution in [1.82, 2.24) is 9.97 Å². The van der Waals surface area contributed by atoms with E-state index in [9.17, 15) is 31.1 Å². The highest BCUT2D eigenvalue weighted by Crippen LogP contribution is 2.38. The van der Waals surface area contributed by atoms with Crippen LogP contribution in [-0.4, -0.2) is 30.2 Å². The number of ether oxygens (including phenoxy) is 2. The lowest BCUT2D eigenvalue weighted by molar-refractivity contribution is -0.143. The molecule has 0 unspecified atom stereocenters. The van der Waals surface area contributed by atoms with Gasteiger partial charge in [-0.25, -0.2) is 14.8 Å². The number of nitrogens with one attached hydrogen (secondary N) is 3. The number of carbonyl (C=O) groups is 1. The third-order valence-electron chi connectivity index (χ3n) is 5.37. The van der Waals surface area contributed by atoms with Crippen molar-refractivity contribution in [3.8, 4) is 11.5 Å². The van der Waals surface area contributed by atoms with E-state index in [0.717, 1.165) is 0 Å². The zero-order chi connectivity index (χ0) is 28.4. The van der Waals surface area contributed by atoms with E-state index < -0.39 is 35.2 Å². The molecule has 0 saturated carbocycles. The minimum absolute atomic E-state index is 0.0306. The molecule has 39 heavy (non-hydrogen) atoms. The number of fused-ring (bicyclic) bond motifs is 1. The van der Waals surface area contributed by atoms with E-state index in [1.165, 1.54) is 26.6 Å². The molecule has 2 amide bonds. The molecule has 0 bridgehead atoms. The maximum Gasteiger partial charge on any atom is 0.416 e. The van der Waals surface area contributed by atoms with Gasteiger partial charge in [0.25, 0.3) is 0 Å². The number of anilines is 4. The summed E-state index contributed by atoms with van der Waals surface area (Å²) in [5.74, 6) is 1.36. The van der Waals surface area contributed by atoms with Crippen LogP contribution in [0.4, 0.5) is 54.0 Å². The number of urea groups is 1. The molecular weight excluding hydrogens is 532 g/mol. The topological polar surface area (TPSA) is 97.4 Å². The Morgan fingerprint density at radius 1 is 0.769 bits per heavy atom. The van der Waals surface area contributed by atoms with Gasteiger partial charge < -0.3 is 25.4 Å². The molecule has 4 aromatic rings. The molecule has 1 aromatic heterocycles. The predicted molar refractivity (Wildman–Crippen MR) is 131 cm³/mol. The molecule has 0 aliphatic rings. The molecule has 0 atom stereocenters. The molecule has 14 heteroatoms. The molecule has 0 aliphatic carbocycles. The standard InChI is InChI=1S/C25H19F6N5O3/c1-38-17-9-16(10-18(11-17)39-2)34-22-19-4-3-5-20(21(19)32-12-33-22)36-23(37)35-15-7-13(24(26,27)28)6-14(8-15)25(29,30)31/h3-12H,1-2H3,(H,32,33,34)(H2,35,36,37). The van der Waals surface area contributed by atoms with Gasteiger partial charge in [-0.15, -0.1) is 0 Å². The summed E-state index contributed by atoms with van der Waals surface area (Å²) in [6.45, 7) is 0. The molecule has 0 aliphatic heterocycles. The number of amides is 2. The van der Waals surface area contributed by atoms with Crippen molar-refractivity contribution in [2.24, 2.45) is 0 Å². The van der Waals surface area contributed by atoms with Gasteiger partial charge in [0.1, 0.15) is 23.6 Å². The first-order valence-corrected chi connectivity index (χ1v) is 11.0. The first kappa shape index (κ1) is 27.3. The van der Waals surface area contributed by atoms with Crippen LogP contribution in [0, 0.1) is 0 Å². The van der Waals surface area contributed by atoms with Gasteiger partial charge in [-0.3, -0.25) is 0 Å². The summed E-state index contributed by atoms with van der Waals surface area (Å²) >= 11 is 0. The van der Waals surface area contributed by atoms with Crippen molar-refractivity contribution in [1.29, 1.82) is 0 Å². The van der Waals surface area contributed by atoms with Crippen molar-refractivity contribution in [3.05, 3.63) is 72.1 Å². The van der Waals surface area contributed by atoms with Gasteiger partial charge in [0.05, 0.1) is 36.6 Å². The monoisotopic (exact) mass is 551 g/mol.